The molecule has 19 heavy (non-hydrogen) atoms. The molecule has 0 bridgehead atoms. The van der Waals surface area contributed by atoms with E-state index in [1.54, 1.807) is 6.92 Å². The number of nitrogens with two attached hydrogens (primary N) is 1. The molecule has 3 rings (SSSR count). The van der Waals surface area contributed by atoms with Gasteiger partial charge in [-0.3, -0.25) is 4.57 Å². The highest BCUT2D eigenvalue weighted by Crippen LogP contribution is 2.31. The van der Waals surface area contributed by atoms with Gasteiger partial charge in [0.1, 0.15) is 12.2 Å². The summed E-state index contributed by atoms with van der Waals surface area (Å²) in [4.78, 5) is 10.9. The van der Waals surface area contributed by atoms with Gasteiger partial charge in [-0.2, -0.15) is 14.4 Å². The number of halogens is 1. The molecule has 1 fully saturated rings. The minimum absolute atomic E-state index is 0.0951. The summed E-state index contributed by atoms with van der Waals surface area (Å²) >= 11 is 0. The minimum Gasteiger partial charge on any atom is -0.388 e. The van der Waals surface area contributed by atoms with Gasteiger partial charge in [0, 0.05) is 0 Å². The molecular weight excluding hydrogens is 257 g/mol. The fourth-order valence-corrected chi connectivity index (χ4v) is 2.15. The van der Waals surface area contributed by atoms with Crippen LogP contribution in [0.5, 0.6) is 0 Å². The van der Waals surface area contributed by atoms with Crippen molar-refractivity contribution in [1.82, 2.24) is 19.5 Å². The zero-order valence-corrected chi connectivity index (χ0v) is 9.93. The number of aliphatic hydroxyl groups is 2. The van der Waals surface area contributed by atoms with Gasteiger partial charge in [0.15, 0.2) is 23.2 Å². The molecule has 4 atom stereocenters. The van der Waals surface area contributed by atoms with Crippen LogP contribution in [0.2, 0.25) is 0 Å². The number of ether oxygens (including phenoxy) is 1. The Morgan fingerprint density at radius 1 is 1.37 bits per heavy atom. The third-order valence-corrected chi connectivity index (χ3v) is 3.17. The lowest BCUT2D eigenvalue weighted by Gasteiger charge is -2.16. The van der Waals surface area contributed by atoms with E-state index in [1.807, 2.05) is 0 Å². The predicted molar refractivity (Wildman–Crippen MR) is 61.3 cm³/mol. The molecule has 0 amide bonds. The molecule has 0 aliphatic carbocycles. The highest BCUT2D eigenvalue weighted by Gasteiger charge is 2.42. The van der Waals surface area contributed by atoms with Gasteiger partial charge >= 0.3 is 6.08 Å². The Morgan fingerprint density at radius 3 is 2.74 bits per heavy atom. The summed E-state index contributed by atoms with van der Waals surface area (Å²) < 4.78 is 19.9. The van der Waals surface area contributed by atoms with Crippen LogP contribution in [0.1, 0.15) is 13.2 Å². The van der Waals surface area contributed by atoms with Gasteiger partial charge in [0.05, 0.1) is 12.4 Å². The van der Waals surface area contributed by atoms with E-state index in [0.717, 1.165) is 0 Å². The van der Waals surface area contributed by atoms with Gasteiger partial charge in [-0.1, -0.05) is 0 Å². The molecular formula is C10H12FN5O3. The number of nitrogen functional groups attached to an aromatic ring is 1. The Morgan fingerprint density at radius 2 is 2.11 bits per heavy atom. The Hall–Kier alpha value is -1.84. The Bertz CT molecular complexity index is 633. The Kier molecular flexibility index (Phi) is 2.62. The molecule has 0 aromatic carbocycles. The normalized spacial score (nSPS) is 31.2. The number of imidazole rings is 1. The minimum atomic E-state index is -1.16. The largest absolute Gasteiger partial charge is 0.388 e. The van der Waals surface area contributed by atoms with Gasteiger partial charge in [-0.25, -0.2) is 4.98 Å². The van der Waals surface area contributed by atoms with Crippen molar-refractivity contribution in [3.8, 4) is 0 Å². The monoisotopic (exact) mass is 269 g/mol. The fourth-order valence-electron chi connectivity index (χ4n) is 2.15. The standard InChI is InChI=1S/C10H12FN5O3/c1-3-5(17)6(18)9(19-3)16-2-13-4-7(12)14-10(11)15-8(4)16/h2-3,5-6,9,17-18H,1H3,(H2,12,14,15)/t3-,5-,6-,9?/m1/s1. The summed E-state index contributed by atoms with van der Waals surface area (Å²) in [7, 11) is 0. The lowest BCUT2D eigenvalue weighted by Crippen LogP contribution is -2.30. The van der Waals surface area contributed by atoms with Crippen LogP contribution in [-0.2, 0) is 4.74 Å². The molecule has 8 nitrogen and oxygen atoms in total. The lowest BCUT2D eigenvalue weighted by atomic mass is 10.1. The van der Waals surface area contributed by atoms with E-state index in [1.165, 1.54) is 10.9 Å². The zero-order valence-electron chi connectivity index (χ0n) is 9.93. The van der Waals surface area contributed by atoms with Gasteiger partial charge < -0.3 is 20.7 Å². The highest BCUT2D eigenvalue weighted by atomic mass is 19.1. The fraction of sp³-hybridized carbons (Fsp3) is 0.500. The molecule has 2 aromatic rings. The molecule has 1 saturated heterocycles. The maximum atomic E-state index is 13.2. The van der Waals surface area contributed by atoms with Crippen LogP contribution in [0, 0.1) is 6.08 Å². The van der Waals surface area contributed by atoms with Crippen LogP contribution < -0.4 is 5.73 Å². The van der Waals surface area contributed by atoms with Crippen molar-refractivity contribution in [2.24, 2.45) is 0 Å². The molecule has 0 saturated carbocycles. The van der Waals surface area contributed by atoms with Crippen molar-refractivity contribution in [2.75, 3.05) is 5.73 Å². The molecule has 9 heteroatoms. The third-order valence-electron chi connectivity index (χ3n) is 3.17. The number of rotatable bonds is 1. The second-order valence-corrected chi connectivity index (χ2v) is 4.41. The Labute approximate surface area is 106 Å². The summed E-state index contributed by atoms with van der Waals surface area (Å²) in [6, 6.07) is 0. The molecule has 0 spiro atoms. The smallest absolute Gasteiger partial charge is 0.312 e. The van der Waals surface area contributed by atoms with E-state index in [4.69, 9.17) is 10.5 Å². The third kappa shape index (κ3) is 1.74. The molecule has 3 heterocycles. The second-order valence-electron chi connectivity index (χ2n) is 4.41. The summed E-state index contributed by atoms with van der Waals surface area (Å²) in [6.07, 6.45) is -3.33. The van der Waals surface area contributed by atoms with Crippen molar-refractivity contribution in [1.29, 1.82) is 0 Å². The number of hydrogen-bond acceptors (Lipinski definition) is 7. The molecule has 102 valence electrons. The lowest BCUT2D eigenvalue weighted by molar-refractivity contribution is -0.0300. The first-order chi connectivity index (χ1) is 8.99. The van der Waals surface area contributed by atoms with E-state index < -0.39 is 30.6 Å². The zero-order chi connectivity index (χ0) is 13.7. The van der Waals surface area contributed by atoms with Crippen LogP contribution in [0.4, 0.5) is 10.2 Å². The van der Waals surface area contributed by atoms with Crippen LogP contribution in [-0.4, -0.2) is 48.0 Å². The first-order valence-electron chi connectivity index (χ1n) is 5.66. The summed E-state index contributed by atoms with van der Waals surface area (Å²) in [6.45, 7) is 1.62. The SMILES string of the molecule is C[C@H]1OC(n2cnc3c(N)nc(F)nc32)[C@H](O)[C@@H]1O. The van der Waals surface area contributed by atoms with E-state index in [-0.39, 0.29) is 17.0 Å². The quantitative estimate of drug-likeness (QED) is 0.579. The predicted octanol–water partition coefficient (Wildman–Crippen LogP) is -0.813. The van der Waals surface area contributed by atoms with Crippen LogP contribution in [0.15, 0.2) is 6.33 Å². The van der Waals surface area contributed by atoms with Gasteiger partial charge in [0.25, 0.3) is 0 Å². The summed E-state index contributed by atoms with van der Waals surface area (Å²) in [5.41, 5.74) is 5.86. The van der Waals surface area contributed by atoms with Crippen molar-refractivity contribution < 1.29 is 19.3 Å². The van der Waals surface area contributed by atoms with E-state index in [2.05, 4.69) is 15.0 Å². The number of hydrogen-bond donors (Lipinski definition) is 3. The maximum absolute atomic E-state index is 13.2. The van der Waals surface area contributed by atoms with Crippen molar-refractivity contribution in [2.45, 2.75) is 31.5 Å². The van der Waals surface area contributed by atoms with Crippen LogP contribution >= 0.6 is 0 Å². The molecule has 1 unspecified atom stereocenters. The van der Waals surface area contributed by atoms with Crippen LogP contribution in [0.25, 0.3) is 11.2 Å². The van der Waals surface area contributed by atoms with Crippen molar-refractivity contribution in [3.63, 3.8) is 0 Å². The molecule has 1 aliphatic rings. The van der Waals surface area contributed by atoms with Crippen molar-refractivity contribution >= 4 is 17.0 Å². The summed E-state index contributed by atoms with van der Waals surface area (Å²) in [5, 5.41) is 19.6. The first kappa shape index (κ1) is 12.2. The van der Waals surface area contributed by atoms with Gasteiger partial charge in [0.2, 0.25) is 0 Å². The Balaban J connectivity index is 2.11. The van der Waals surface area contributed by atoms with Crippen molar-refractivity contribution in [3.05, 3.63) is 12.4 Å². The summed E-state index contributed by atoms with van der Waals surface area (Å²) in [5.74, 6) is -0.0951. The second kappa shape index (κ2) is 4.08. The number of anilines is 1. The first-order valence-corrected chi connectivity index (χ1v) is 5.66. The van der Waals surface area contributed by atoms with Crippen LogP contribution in [0.3, 0.4) is 0 Å². The maximum Gasteiger partial charge on any atom is 0.312 e. The number of nitrogens with zero attached hydrogens (tertiary/aromatic N) is 4. The van der Waals surface area contributed by atoms with E-state index in [9.17, 15) is 14.6 Å². The van der Waals surface area contributed by atoms with Gasteiger partial charge in [-0.05, 0) is 6.92 Å². The average Bonchev–Trinajstić information content (AvgIpc) is 2.86. The van der Waals surface area contributed by atoms with E-state index in [0.29, 0.717) is 0 Å². The number of aromatic nitrogens is 4. The highest BCUT2D eigenvalue weighted by molar-refractivity contribution is 5.81. The van der Waals surface area contributed by atoms with Gasteiger partial charge in [-0.15, -0.1) is 0 Å². The topological polar surface area (TPSA) is 119 Å². The van der Waals surface area contributed by atoms with E-state index >= 15 is 0 Å². The molecule has 0 radical (unpaired) electrons. The number of aliphatic hydroxyl groups excluding tert-OH is 2. The molecule has 4 N–H and O–H groups in total. The average molecular weight is 269 g/mol. The molecule has 1 aliphatic heterocycles. The molecule has 2 aromatic heterocycles. The number of fused-ring (bicyclic) bond motifs is 1.